The number of carbonyl (C=O) groups excluding carboxylic acids is 1. The van der Waals surface area contributed by atoms with E-state index in [2.05, 4.69) is 0 Å². The van der Waals surface area contributed by atoms with Gasteiger partial charge in [-0.1, -0.05) is 0 Å². The third-order valence-corrected chi connectivity index (χ3v) is 1.95. The Morgan fingerprint density at radius 3 is 3.08 bits per heavy atom. The fourth-order valence-corrected chi connectivity index (χ4v) is 1.33. The largest absolute Gasteiger partial charge is 0.339 e. The molecule has 1 atom stereocenters. The number of likely N-dealkylation sites (tertiary alicyclic amines) is 1. The quantitative estimate of drug-likeness (QED) is 0.585. The summed E-state index contributed by atoms with van der Waals surface area (Å²) in [5, 5.41) is 8.24. The minimum Gasteiger partial charge on any atom is -0.339 e. The van der Waals surface area contributed by atoms with E-state index in [0.717, 1.165) is 0 Å². The van der Waals surface area contributed by atoms with Crippen LogP contribution in [0.25, 0.3) is 0 Å². The molecule has 0 aromatic rings. The number of nitriles is 1. The van der Waals surface area contributed by atoms with Crippen LogP contribution in [0.15, 0.2) is 0 Å². The average molecular weight is 170 g/mol. The number of halogens is 1. The van der Waals surface area contributed by atoms with E-state index in [1.54, 1.807) is 6.07 Å². The van der Waals surface area contributed by atoms with Gasteiger partial charge in [-0.25, -0.2) is 4.39 Å². The lowest BCUT2D eigenvalue weighted by Crippen LogP contribution is -2.40. The van der Waals surface area contributed by atoms with Crippen LogP contribution in [-0.4, -0.2) is 30.1 Å². The van der Waals surface area contributed by atoms with Crippen LogP contribution in [0, 0.1) is 11.3 Å². The summed E-state index contributed by atoms with van der Waals surface area (Å²) >= 11 is 0. The van der Waals surface area contributed by atoms with Gasteiger partial charge >= 0.3 is 0 Å². The third kappa shape index (κ3) is 2.19. The first kappa shape index (κ1) is 8.98. The molecule has 0 radical (unpaired) electrons. The molecule has 0 unspecified atom stereocenters. The average Bonchev–Trinajstić information content (AvgIpc) is 2.05. The molecule has 0 saturated carbocycles. The van der Waals surface area contributed by atoms with Crippen molar-refractivity contribution in [3.05, 3.63) is 0 Å². The fourth-order valence-electron chi connectivity index (χ4n) is 1.33. The maximum atomic E-state index is 12.8. The number of hydrogen-bond donors (Lipinski definition) is 0. The molecule has 1 heterocycles. The monoisotopic (exact) mass is 170 g/mol. The van der Waals surface area contributed by atoms with Gasteiger partial charge in [-0.3, -0.25) is 4.79 Å². The number of piperidine rings is 1. The second kappa shape index (κ2) is 4.05. The zero-order valence-electron chi connectivity index (χ0n) is 6.79. The molecule has 0 bridgehead atoms. The van der Waals surface area contributed by atoms with Crippen molar-refractivity contribution in [2.75, 3.05) is 13.1 Å². The maximum absolute atomic E-state index is 12.8. The Balaban J connectivity index is 2.41. The Morgan fingerprint density at radius 1 is 1.75 bits per heavy atom. The highest BCUT2D eigenvalue weighted by Gasteiger charge is 2.22. The summed E-state index contributed by atoms with van der Waals surface area (Å²) in [6.07, 6.45) is 0.211. The van der Waals surface area contributed by atoms with Crippen LogP contribution < -0.4 is 0 Å². The number of carbonyl (C=O) groups is 1. The minimum atomic E-state index is -0.901. The number of alkyl halides is 1. The zero-order chi connectivity index (χ0) is 8.97. The van der Waals surface area contributed by atoms with Crippen molar-refractivity contribution in [3.63, 3.8) is 0 Å². The van der Waals surface area contributed by atoms with Gasteiger partial charge in [0.15, 0.2) is 0 Å². The molecular formula is C8H11FN2O. The van der Waals surface area contributed by atoms with Gasteiger partial charge in [0.05, 0.1) is 12.6 Å². The standard InChI is InChI=1S/C8H11FN2O/c9-7-2-1-5-11(6-7)8(12)3-4-10/h7H,1-3,5-6H2/t7-/m1/s1. The first-order valence-electron chi connectivity index (χ1n) is 4.03. The van der Waals surface area contributed by atoms with E-state index in [-0.39, 0.29) is 18.9 Å². The Labute approximate surface area is 70.8 Å². The van der Waals surface area contributed by atoms with E-state index in [4.69, 9.17) is 5.26 Å². The highest BCUT2D eigenvalue weighted by Crippen LogP contribution is 2.13. The predicted molar refractivity (Wildman–Crippen MR) is 40.9 cm³/mol. The molecule has 4 heteroatoms. The molecular weight excluding hydrogens is 159 g/mol. The van der Waals surface area contributed by atoms with E-state index >= 15 is 0 Å². The van der Waals surface area contributed by atoms with Crippen LogP contribution in [0.1, 0.15) is 19.3 Å². The van der Waals surface area contributed by atoms with Gasteiger partial charge in [0.25, 0.3) is 0 Å². The van der Waals surface area contributed by atoms with E-state index in [0.29, 0.717) is 19.4 Å². The minimum absolute atomic E-state index is 0.132. The summed E-state index contributed by atoms with van der Waals surface area (Å²) in [6, 6.07) is 1.77. The van der Waals surface area contributed by atoms with Crippen LogP contribution in [-0.2, 0) is 4.79 Å². The van der Waals surface area contributed by atoms with E-state index < -0.39 is 6.17 Å². The highest BCUT2D eigenvalue weighted by atomic mass is 19.1. The van der Waals surface area contributed by atoms with Crippen LogP contribution in [0.2, 0.25) is 0 Å². The Kier molecular flexibility index (Phi) is 3.03. The molecule has 12 heavy (non-hydrogen) atoms. The van der Waals surface area contributed by atoms with Crippen LogP contribution >= 0.6 is 0 Å². The SMILES string of the molecule is N#CCC(=O)N1CCC[C@@H](F)C1. The Bertz CT molecular complexity index is 212. The van der Waals surface area contributed by atoms with Gasteiger partial charge < -0.3 is 4.90 Å². The zero-order valence-corrected chi connectivity index (χ0v) is 6.79. The molecule has 1 aliphatic rings. The summed E-state index contributed by atoms with van der Waals surface area (Å²) in [4.78, 5) is 12.5. The molecule has 1 aliphatic heterocycles. The summed E-state index contributed by atoms with van der Waals surface area (Å²) in [5.74, 6) is -0.250. The van der Waals surface area contributed by atoms with Crippen molar-refractivity contribution in [1.29, 1.82) is 5.26 Å². The van der Waals surface area contributed by atoms with Crippen molar-refractivity contribution in [3.8, 4) is 6.07 Å². The summed E-state index contributed by atoms with van der Waals surface area (Å²) in [5.41, 5.74) is 0. The molecule has 0 aromatic carbocycles. The van der Waals surface area contributed by atoms with Crippen molar-refractivity contribution < 1.29 is 9.18 Å². The number of nitrogens with zero attached hydrogens (tertiary/aromatic N) is 2. The van der Waals surface area contributed by atoms with E-state index in [9.17, 15) is 9.18 Å². The van der Waals surface area contributed by atoms with Crippen molar-refractivity contribution in [2.45, 2.75) is 25.4 Å². The normalized spacial score (nSPS) is 23.3. The molecule has 1 saturated heterocycles. The van der Waals surface area contributed by atoms with Gasteiger partial charge in [-0.05, 0) is 12.8 Å². The molecule has 0 N–H and O–H groups in total. The third-order valence-electron chi connectivity index (χ3n) is 1.95. The number of amides is 1. The smallest absolute Gasteiger partial charge is 0.236 e. The number of hydrogen-bond acceptors (Lipinski definition) is 2. The molecule has 1 amide bonds. The lowest BCUT2D eigenvalue weighted by atomic mass is 10.1. The molecule has 0 aromatic heterocycles. The second-order valence-electron chi connectivity index (χ2n) is 2.91. The molecule has 3 nitrogen and oxygen atoms in total. The number of rotatable bonds is 1. The van der Waals surface area contributed by atoms with Crippen molar-refractivity contribution >= 4 is 5.91 Å². The first-order valence-corrected chi connectivity index (χ1v) is 4.03. The Hall–Kier alpha value is -1.11. The second-order valence-corrected chi connectivity index (χ2v) is 2.91. The molecule has 1 rings (SSSR count). The van der Waals surface area contributed by atoms with E-state index in [1.807, 2.05) is 0 Å². The van der Waals surface area contributed by atoms with Gasteiger partial charge in [-0.15, -0.1) is 0 Å². The lowest BCUT2D eigenvalue weighted by Gasteiger charge is -2.28. The molecule has 0 aliphatic carbocycles. The Morgan fingerprint density at radius 2 is 2.50 bits per heavy atom. The van der Waals surface area contributed by atoms with Gasteiger partial charge in [0.2, 0.25) is 5.91 Å². The summed E-state index contributed by atoms with van der Waals surface area (Å²) in [6.45, 7) is 0.765. The van der Waals surface area contributed by atoms with Gasteiger partial charge in [0.1, 0.15) is 12.6 Å². The van der Waals surface area contributed by atoms with Crippen LogP contribution in [0.4, 0.5) is 4.39 Å². The summed E-state index contributed by atoms with van der Waals surface area (Å²) in [7, 11) is 0. The van der Waals surface area contributed by atoms with E-state index in [1.165, 1.54) is 4.90 Å². The molecule has 1 fully saturated rings. The van der Waals surface area contributed by atoms with Gasteiger partial charge in [-0.2, -0.15) is 5.26 Å². The highest BCUT2D eigenvalue weighted by molar-refractivity contribution is 5.78. The van der Waals surface area contributed by atoms with Crippen molar-refractivity contribution in [1.82, 2.24) is 4.90 Å². The topological polar surface area (TPSA) is 44.1 Å². The van der Waals surface area contributed by atoms with Crippen LogP contribution in [0.5, 0.6) is 0 Å². The fraction of sp³-hybridized carbons (Fsp3) is 0.750. The predicted octanol–water partition coefficient (Wildman–Crippen LogP) is 0.861. The van der Waals surface area contributed by atoms with Crippen molar-refractivity contribution in [2.24, 2.45) is 0 Å². The molecule has 0 spiro atoms. The van der Waals surface area contributed by atoms with Gasteiger partial charge in [0, 0.05) is 6.54 Å². The first-order chi connectivity index (χ1) is 5.74. The summed E-state index contributed by atoms with van der Waals surface area (Å²) < 4.78 is 12.8. The molecule has 66 valence electrons. The maximum Gasteiger partial charge on any atom is 0.236 e. The van der Waals surface area contributed by atoms with Crippen LogP contribution in [0.3, 0.4) is 0 Å². The lowest BCUT2D eigenvalue weighted by molar-refractivity contribution is -0.132.